The van der Waals surface area contributed by atoms with Crippen LogP contribution in [-0.2, 0) is 11.3 Å². The average Bonchev–Trinajstić information content (AvgIpc) is 3.39. The highest BCUT2D eigenvalue weighted by molar-refractivity contribution is 5.94. The van der Waals surface area contributed by atoms with E-state index in [0.717, 1.165) is 41.8 Å². The number of carbonyl (C=O) groups is 2. The van der Waals surface area contributed by atoms with Crippen LogP contribution in [0.1, 0.15) is 60.9 Å². The van der Waals surface area contributed by atoms with E-state index >= 15 is 0 Å². The Hall–Kier alpha value is -1.84. The minimum absolute atomic E-state index is 0.0618. The molecule has 3 aliphatic carbocycles. The van der Waals surface area contributed by atoms with Gasteiger partial charge in [0.2, 0.25) is 5.91 Å². The van der Waals surface area contributed by atoms with Crippen LogP contribution in [0.2, 0.25) is 0 Å². The summed E-state index contributed by atoms with van der Waals surface area (Å²) in [6.07, 6.45) is 8.30. The summed E-state index contributed by atoms with van der Waals surface area (Å²) < 4.78 is 0. The van der Waals surface area contributed by atoms with Crippen LogP contribution in [0.3, 0.4) is 0 Å². The van der Waals surface area contributed by atoms with Crippen LogP contribution in [0.4, 0.5) is 0 Å². The Morgan fingerprint density at radius 1 is 1.12 bits per heavy atom. The molecule has 0 aromatic heterocycles. The first-order valence-corrected chi connectivity index (χ1v) is 10.4. The third-order valence-electron chi connectivity index (χ3n) is 7.48. The van der Waals surface area contributed by atoms with Crippen molar-refractivity contribution < 1.29 is 9.59 Å². The summed E-state index contributed by atoms with van der Waals surface area (Å²) >= 11 is 0. The van der Waals surface area contributed by atoms with Crippen LogP contribution >= 0.6 is 0 Å². The van der Waals surface area contributed by atoms with Gasteiger partial charge in [-0.2, -0.15) is 0 Å². The molecule has 5 atom stereocenters. The van der Waals surface area contributed by atoms with Crippen molar-refractivity contribution >= 4 is 11.8 Å². The molecule has 0 radical (unpaired) electrons. The molecule has 0 spiro atoms. The SMILES string of the molecule is O=C(NC1CC2CC1C1CCCC21)c1cccc(CN2CCCC2=O)c1. The molecular weight excluding hydrogens is 324 g/mol. The second-order valence-corrected chi connectivity index (χ2v) is 8.85. The Balaban J connectivity index is 1.25. The van der Waals surface area contributed by atoms with Crippen molar-refractivity contribution in [3.63, 3.8) is 0 Å². The summed E-state index contributed by atoms with van der Waals surface area (Å²) in [6, 6.07) is 8.19. The highest BCUT2D eigenvalue weighted by Crippen LogP contribution is 2.58. The lowest BCUT2D eigenvalue weighted by Gasteiger charge is -2.32. The normalized spacial score (nSPS) is 35.2. The number of likely N-dealkylation sites (tertiary alicyclic amines) is 1. The molecule has 1 aromatic rings. The number of nitrogens with zero attached hydrogens (tertiary/aromatic N) is 1. The third kappa shape index (κ3) is 2.74. The number of nitrogens with one attached hydrogen (secondary N) is 1. The fourth-order valence-electron chi connectivity index (χ4n) is 6.39. The van der Waals surface area contributed by atoms with Gasteiger partial charge in [-0.3, -0.25) is 9.59 Å². The maximum absolute atomic E-state index is 12.8. The van der Waals surface area contributed by atoms with Crippen molar-refractivity contribution in [1.82, 2.24) is 10.2 Å². The van der Waals surface area contributed by atoms with E-state index in [1.165, 1.54) is 32.1 Å². The monoisotopic (exact) mass is 352 g/mol. The smallest absolute Gasteiger partial charge is 0.251 e. The summed E-state index contributed by atoms with van der Waals surface area (Å²) in [7, 11) is 0. The van der Waals surface area contributed by atoms with Crippen LogP contribution in [0.5, 0.6) is 0 Å². The molecule has 1 saturated heterocycles. The Labute approximate surface area is 155 Å². The van der Waals surface area contributed by atoms with E-state index < -0.39 is 0 Å². The van der Waals surface area contributed by atoms with Crippen molar-refractivity contribution in [2.45, 2.75) is 57.5 Å². The molecule has 138 valence electrons. The first-order valence-electron chi connectivity index (χ1n) is 10.4. The third-order valence-corrected chi connectivity index (χ3v) is 7.48. The zero-order valence-electron chi connectivity index (χ0n) is 15.3. The number of hydrogen-bond acceptors (Lipinski definition) is 2. The van der Waals surface area contributed by atoms with Crippen LogP contribution in [0, 0.1) is 23.7 Å². The molecule has 2 amide bonds. The largest absolute Gasteiger partial charge is 0.349 e. The lowest BCUT2D eigenvalue weighted by molar-refractivity contribution is -0.128. The van der Waals surface area contributed by atoms with Crippen molar-refractivity contribution in [2.24, 2.45) is 23.7 Å². The number of benzene rings is 1. The number of carbonyl (C=O) groups excluding carboxylic acids is 2. The molecule has 4 heteroatoms. The number of rotatable bonds is 4. The first kappa shape index (κ1) is 16.3. The zero-order chi connectivity index (χ0) is 17.7. The van der Waals surface area contributed by atoms with Crippen LogP contribution in [-0.4, -0.2) is 29.3 Å². The van der Waals surface area contributed by atoms with E-state index in [0.29, 0.717) is 24.9 Å². The summed E-state index contributed by atoms with van der Waals surface area (Å²) in [5.41, 5.74) is 1.79. The van der Waals surface area contributed by atoms with Gasteiger partial charge >= 0.3 is 0 Å². The van der Waals surface area contributed by atoms with E-state index in [9.17, 15) is 9.59 Å². The molecule has 1 aromatic carbocycles. The van der Waals surface area contributed by atoms with Gasteiger partial charge in [0, 0.05) is 31.1 Å². The summed E-state index contributed by atoms with van der Waals surface area (Å²) in [5.74, 6) is 3.67. The molecule has 26 heavy (non-hydrogen) atoms. The van der Waals surface area contributed by atoms with Gasteiger partial charge in [0.1, 0.15) is 0 Å². The molecule has 4 fully saturated rings. The second kappa shape index (κ2) is 6.40. The quantitative estimate of drug-likeness (QED) is 0.903. The number of fused-ring (bicyclic) bond motifs is 5. The average molecular weight is 352 g/mol. The summed E-state index contributed by atoms with van der Waals surface area (Å²) in [5, 5.41) is 3.35. The van der Waals surface area contributed by atoms with Crippen molar-refractivity contribution in [3.05, 3.63) is 35.4 Å². The molecule has 5 unspecified atom stereocenters. The fourth-order valence-corrected chi connectivity index (χ4v) is 6.39. The highest BCUT2D eigenvalue weighted by Gasteiger charge is 2.54. The lowest BCUT2D eigenvalue weighted by Crippen LogP contribution is -2.42. The summed E-state index contributed by atoms with van der Waals surface area (Å²) in [4.78, 5) is 26.6. The van der Waals surface area contributed by atoms with Gasteiger partial charge in [0.15, 0.2) is 0 Å². The predicted octanol–water partition coefficient (Wildman–Crippen LogP) is 3.36. The molecule has 1 heterocycles. The maximum atomic E-state index is 12.8. The number of hydrogen-bond donors (Lipinski definition) is 1. The van der Waals surface area contributed by atoms with Crippen LogP contribution in [0.15, 0.2) is 24.3 Å². The van der Waals surface area contributed by atoms with Gasteiger partial charge in [-0.1, -0.05) is 18.6 Å². The molecule has 2 bridgehead atoms. The van der Waals surface area contributed by atoms with Gasteiger partial charge in [-0.25, -0.2) is 0 Å². The van der Waals surface area contributed by atoms with Gasteiger partial charge in [0.05, 0.1) is 0 Å². The van der Waals surface area contributed by atoms with E-state index in [1.807, 2.05) is 29.2 Å². The Morgan fingerprint density at radius 3 is 2.85 bits per heavy atom. The van der Waals surface area contributed by atoms with Gasteiger partial charge in [-0.05, 0) is 73.5 Å². The predicted molar refractivity (Wildman–Crippen MR) is 99.4 cm³/mol. The molecular formula is C22H28N2O2. The highest BCUT2D eigenvalue weighted by atomic mass is 16.2. The molecule has 4 aliphatic rings. The Morgan fingerprint density at radius 2 is 2.00 bits per heavy atom. The van der Waals surface area contributed by atoms with Crippen LogP contribution in [0.25, 0.3) is 0 Å². The van der Waals surface area contributed by atoms with E-state index in [-0.39, 0.29) is 11.8 Å². The lowest BCUT2D eigenvalue weighted by atomic mass is 9.79. The molecule has 3 saturated carbocycles. The fraction of sp³-hybridized carbons (Fsp3) is 0.636. The molecule has 5 rings (SSSR count). The first-order chi connectivity index (χ1) is 12.7. The van der Waals surface area contributed by atoms with E-state index in [2.05, 4.69) is 5.32 Å². The van der Waals surface area contributed by atoms with Crippen molar-refractivity contribution in [3.8, 4) is 0 Å². The molecule has 1 aliphatic heterocycles. The summed E-state index contributed by atoms with van der Waals surface area (Å²) in [6.45, 7) is 1.46. The number of amides is 2. The standard InChI is InChI=1S/C22H28N2O2/c25-21-8-3-9-24(21)13-14-4-1-5-15(10-14)22(26)23-20-12-16-11-19(20)18-7-2-6-17(16)18/h1,4-5,10,16-20H,2-3,6-9,11-13H2,(H,23,26). The van der Waals surface area contributed by atoms with Gasteiger partial charge in [0.25, 0.3) is 5.91 Å². The van der Waals surface area contributed by atoms with Crippen molar-refractivity contribution in [2.75, 3.05) is 6.54 Å². The minimum atomic E-state index is 0.0618. The Kier molecular flexibility index (Phi) is 4.02. The molecule has 4 nitrogen and oxygen atoms in total. The van der Waals surface area contributed by atoms with E-state index in [1.54, 1.807) is 0 Å². The minimum Gasteiger partial charge on any atom is -0.349 e. The van der Waals surface area contributed by atoms with Crippen LogP contribution < -0.4 is 5.32 Å². The van der Waals surface area contributed by atoms with E-state index in [4.69, 9.17) is 0 Å². The second-order valence-electron chi connectivity index (χ2n) is 8.85. The van der Waals surface area contributed by atoms with Gasteiger partial charge < -0.3 is 10.2 Å². The maximum Gasteiger partial charge on any atom is 0.251 e. The topological polar surface area (TPSA) is 49.4 Å². The van der Waals surface area contributed by atoms with Crippen molar-refractivity contribution in [1.29, 1.82) is 0 Å². The Bertz CT molecular complexity index is 731. The van der Waals surface area contributed by atoms with Gasteiger partial charge in [-0.15, -0.1) is 0 Å². The zero-order valence-corrected chi connectivity index (χ0v) is 15.3. The molecule has 1 N–H and O–H groups in total.